The second-order valence-corrected chi connectivity index (χ2v) is 5.73. The Morgan fingerprint density at radius 1 is 0.600 bits per heavy atom. The molecule has 2 fully saturated rings. The van der Waals surface area contributed by atoms with Gasteiger partial charge in [0.15, 0.2) is 0 Å². The molecule has 0 aromatic heterocycles. The first-order valence-electron chi connectivity index (χ1n) is 7.13. The Labute approximate surface area is 94.8 Å². The van der Waals surface area contributed by atoms with Crippen LogP contribution in [0.4, 0.5) is 0 Å². The summed E-state index contributed by atoms with van der Waals surface area (Å²) in [7, 11) is 0. The maximum atomic E-state index is 6.47. The van der Waals surface area contributed by atoms with Gasteiger partial charge >= 0.3 is 0 Å². The summed E-state index contributed by atoms with van der Waals surface area (Å²) < 4.78 is 0. The van der Waals surface area contributed by atoms with Crippen LogP contribution in [0.15, 0.2) is 0 Å². The van der Waals surface area contributed by atoms with Gasteiger partial charge in [-0.2, -0.15) is 0 Å². The monoisotopic (exact) mass is 209 g/mol. The normalized spacial score (nSPS) is 28.6. The van der Waals surface area contributed by atoms with Gasteiger partial charge < -0.3 is 5.73 Å². The van der Waals surface area contributed by atoms with E-state index in [1.54, 1.807) is 0 Å². The van der Waals surface area contributed by atoms with Crippen LogP contribution in [0.25, 0.3) is 0 Å². The molecule has 15 heavy (non-hydrogen) atoms. The fourth-order valence-corrected chi connectivity index (χ4v) is 3.60. The van der Waals surface area contributed by atoms with E-state index in [-0.39, 0.29) is 0 Å². The number of hydrogen-bond acceptors (Lipinski definition) is 1. The third kappa shape index (κ3) is 3.21. The molecule has 0 aliphatic heterocycles. The van der Waals surface area contributed by atoms with Crippen LogP contribution in [0, 0.1) is 11.8 Å². The molecule has 1 unspecified atom stereocenters. The zero-order valence-electron chi connectivity index (χ0n) is 10.1. The minimum atomic E-state index is 0.533. The lowest BCUT2D eigenvalue weighted by atomic mass is 9.80. The van der Waals surface area contributed by atoms with Gasteiger partial charge in [-0.1, -0.05) is 44.9 Å². The van der Waals surface area contributed by atoms with Crippen molar-refractivity contribution in [1.29, 1.82) is 0 Å². The first-order chi connectivity index (χ1) is 7.38. The van der Waals surface area contributed by atoms with Gasteiger partial charge in [0.25, 0.3) is 0 Å². The quantitative estimate of drug-likeness (QED) is 0.734. The summed E-state index contributed by atoms with van der Waals surface area (Å²) >= 11 is 0. The third-order valence-electron chi connectivity index (χ3n) is 4.64. The second kappa shape index (κ2) is 5.89. The van der Waals surface area contributed by atoms with Gasteiger partial charge in [0, 0.05) is 6.04 Å². The highest BCUT2D eigenvalue weighted by molar-refractivity contribution is 4.84. The van der Waals surface area contributed by atoms with Crippen molar-refractivity contribution in [3.63, 3.8) is 0 Å². The molecular weight excluding hydrogens is 182 g/mol. The molecule has 0 aromatic rings. The van der Waals surface area contributed by atoms with Gasteiger partial charge in [0.1, 0.15) is 0 Å². The Balaban J connectivity index is 1.82. The Morgan fingerprint density at radius 2 is 0.933 bits per heavy atom. The SMILES string of the molecule is NC(C1CCCCCCC1)C1CCCC1. The number of hydrogen-bond donors (Lipinski definition) is 1. The highest BCUT2D eigenvalue weighted by Crippen LogP contribution is 2.34. The molecule has 2 saturated carbocycles. The summed E-state index contributed by atoms with van der Waals surface area (Å²) in [6.07, 6.45) is 15.8. The van der Waals surface area contributed by atoms with Crippen molar-refractivity contribution in [2.75, 3.05) is 0 Å². The second-order valence-electron chi connectivity index (χ2n) is 5.73. The zero-order chi connectivity index (χ0) is 10.5. The molecule has 1 heteroatoms. The molecular formula is C14H27N. The molecule has 0 aromatic carbocycles. The van der Waals surface area contributed by atoms with E-state index < -0.39 is 0 Å². The molecule has 2 N–H and O–H groups in total. The van der Waals surface area contributed by atoms with Crippen molar-refractivity contribution in [3.05, 3.63) is 0 Å². The molecule has 1 atom stereocenters. The summed E-state index contributed by atoms with van der Waals surface area (Å²) in [5.74, 6) is 1.72. The van der Waals surface area contributed by atoms with Crippen LogP contribution in [-0.4, -0.2) is 6.04 Å². The van der Waals surface area contributed by atoms with E-state index in [0.717, 1.165) is 11.8 Å². The van der Waals surface area contributed by atoms with Crippen LogP contribution in [-0.2, 0) is 0 Å². The maximum absolute atomic E-state index is 6.47. The molecule has 0 spiro atoms. The Bertz CT molecular complexity index is 164. The largest absolute Gasteiger partial charge is 0.327 e. The van der Waals surface area contributed by atoms with Gasteiger partial charge in [0.05, 0.1) is 0 Å². The van der Waals surface area contributed by atoms with E-state index in [2.05, 4.69) is 0 Å². The van der Waals surface area contributed by atoms with E-state index in [1.165, 1.54) is 70.6 Å². The Hall–Kier alpha value is -0.0400. The van der Waals surface area contributed by atoms with Crippen molar-refractivity contribution in [2.24, 2.45) is 17.6 Å². The number of nitrogens with two attached hydrogens (primary N) is 1. The lowest BCUT2D eigenvalue weighted by Crippen LogP contribution is -2.36. The van der Waals surface area contributed by atoms with E-state index in [0.29, 0.717) is 6.04 Å². The molecule has 2 aliphatic rings. The van der Waals surface area contributed by atoms with Crippen LogP contribution in [0.3, 0.4) is 0 Å². The lowest BCUT2D eigenvalue weighted by molar-refractivity contribution is 0.259. The van der Waals surface area contributed by atoms with E-state index >= 15 is 0 Å². The predicted octanol–water partition coefficient (Wildman–Crippen LogP) is 3.86. The molecule has 0 bridgehead atoms. The molecule has 0 heterocycles. The summed E-state index contributed by atoms with van der Waals surface area (Å²) in [5.41, 5.74) is 6.47. The summed E-state index contributed by atoms with van der Waals surface area (Å²) in [6, 6.07) is 0.533. The Morgan fingerprint density at radius 3 is 1.40 bits per heavy atom. The van der Waals surface area contributed by atoms with Gasteiger partial charge in [-0.15, -0.1) is 0 Å². The van der Waals surface area contributed by atoms with Gasteiger partial charge in [0.2, 0.25) is 0 Å². The fourth-order valence-electron chi connectivity index (χ4n) is 3.60. The van der Waals surface area contributed by atoms with Crippen molar-refractivity contribution < 1.29 is 0 Å². The summed E-state index contributed by atoms with van der Waals surface area (Å²) in [6.45, 7) is 0. The molecule has 2 aliphatic carbocycles. The van der Waals surface area contributed by atoms with Crippen molar-refractivity contribution in [2.45, 2.75) is 76.7 Å². The summed E-state index contributed by atoms with van der Waals surface area (Å²) in [4.78, 5) is 0. The average Bonchev–Trinajstić information content (AvgIpc) is 2.68. The van der Waals surface area contributed by atoms with Crippen LogP contribution in [0.1, 0.15) is 70.6 Å². The number of rotatable bonds is 2. The highest BCUT2D eigenvalue weighted by Gasteiger charge is 2.28. The van der Waals surface area contributed by atoms with Crippen LogP contribution >= 0.6 is 0 Å². The van der Waals surface area contributed by atoms with Gasteiger partial charge in [-0.25, -0.2) is 0 Å². The predicted molar refractivity (Wildman–Crippen MR) is 65.7 cm³/mol. The van der Waals surface area contributed by atoms with E-state index in [4.69, 9.17) is 5.73 Å². The van der Waals surface area contributed by atoms with Crippen LogP contribution in [0.2, 0.25) is 0 Å². The molecule has 2 rings (SSSR count). The van der Waals surface area contributed by atoms with Crippen LogP contribution < -0.4 is 5.73 Å². The van der Waals surface area contributed by atoms with Gasteiger partial charge in [-0.05, 0) is 37.5 Å². The fraction of sp³-hybridized carbons (Fsp3) is 1.00. The molecule has 1 nitrogen and oxygen atoms in total. The lowest BCUT2D eigenvalue weighted by Gasteiger charge is -2.30. The molecule has 0 amide bonds. The molecule has 88 valence electrons. The first-order valence-corrected chi connectivity index (χ1v) is 7.13. The third-order valence-corrected chi connectivity index (χ3v) is 4.64. The van der Waals surface area contributed by atoms with Gasteiger partial charge in [-0.3, -0.25) is 0 Å². The standard InChI is InChI=1S/C14H27N/c15-14(13-10-6-7-11-13)12-8-4-2-1-3-5-9-12/h12-14H,1-11,15H2. The highest BCUT2D eigenvalue weighted by atomic mass is 14.7. The van der Waals surface area contributed by atoms with Crippen LogP contribution in [0.5, 0.6) is 0 Å². The van der Waals surface area contributed by atoms with Crippen molar-refractivity contribution >= 4 is 0 Å². The van der Waals surface area contributed by atoms with Crippen molar-refractivity contribution in [3.8, 4) is 0 Å². The van der Waals surface area contributed by atoms with E-state index in [1.807, 2.05) is 0 Å². The molecule has 0 saturated heterocycles. The zero-order valence-corrected chi connectivity index (χ0v) is 10.1. The topological polar surface area (TPSA) is 26.0 Å². The smallest absolute Gasteiger partial charge is 0.00956 e. The van der Waals surface area contributed by atoms with Crippen molar-refractivity contribution in [1.82, 2.24) is 0 Å². The minimum Gasteiger partial charge on any atom is -0.327 e. The average molecular weight is 209 g/mol. The first kappa shape index (κ1) is 11.4. The van der Waals surface area contributed by atoms with E-state index in [9.17, 15) is 0 Å². The summed E-state index contributed by atoms with van der Waals surface area (Å²) in [5, 5.41) is 0. The molecule has 0 radical (unpaired) electrons. The maximum Gasteiger partial charge on any atom is 0.00956 e. The minimum absolute atomic E-state index is 0.533. The Kier molecular flexibility index (Phi) is 4.49.